The maximum atomic E-state index is 13.1. The number of rotatable bonds is 6. The second-order valence-corrected chi connectivity index (χ2v) is 10.0. The number of benzene rings is 1. The fourth-order valence-corrected chi connectivity index (χ4v) is 6.27. The molecule has 152 valence electrons. The second-order valence-electron chi connectivity index (χ2n) is 9.59. The van der Waals surface area contributed by atoms with Crippen LogP contribution < -0.4 is 10.1 Å². The summed E-state index contributed by atoms with van der Waals surface area (Å²) in [6, 6.07) is 7.23. The van der Waals surface area contributed by atoms with Gasteiger partial charge in [0.05, 0.1) is 0 Å². The predicted molar refractivity (Wildman–Crippen MR) is 109 cm³/mol. The number of nitrogens with one attached hydrogen (secondary N) is 1. The molecule has 0 radical (unpaired) electrons. The fourth-order valence-electron chi connectivity index (χ4n) is 6.15. The molecule has 0 aromatic heterocycles. The van der Waals surface area contributed by atoms with Crippen molar-refractivity contribution in [1.29, 1.82) is 0 Å². The molecule has 1 aromatic carbocycles. The first-order chi connectivity index (χ1) is 13.2. The highest BCUT2D eigenvalue weighted by Gasteiger charge is 2.58. The molecular formula is C23H30ClNO3. The highest BCUT2D eigenvalue weighted by atomic mass is 35.5. The third-order valence-electron chi connectivity index (χ3n) is 7.22. The SMILES string of the molecule is CCC(=O)C12CC3CC(C1)C(NC(=O)C(C)(C)Oc1ccc(Cl)cc1)C(C3)C2. The van der Waals surface area contributed by atoms with Gasteiger partial charge in [0, 0.05) is 22.9 Å². The molecule has 4 bridgehead atoms. The minimum Gasteiger partial charge on any atom is -0.478 e. The minimum absolute atomic E-state index is 0.0872. The lowest BCUT2D eigenvalue weighted by Crippen LogP contribution is -2.63. The normalized spacial score (nSPS) is 33.6. The van der Waals surface area contributed by atoms with Crippen LogP contribution in [0, 0.1) is 23.2 Å². The predicted octanol–water partition coefficient (Wildman–Crippen LogP) is 4.79. The number of ether oxygens (including phenoxy) is 1. The lowest BCUT2D eigenvalue weighted by molar-refractivity contribution is -0.150. The van der Waals surface area contributed by atoms with E-state index in [0.717, 1.165) is 32.1 Å². The van der Waals surface area contributed by atoms with E-state index in [1.165, 1.54) is 0 Å². The van der Waals surface area contributed by atoms with E-state index in [1.807, 2.05) is 6.92 Å². The Morgan fingerprint density at radius 1 is 1.14 bits per heavy atom. The van der Waals surface area contributed by atoms with Gasteiger partial charge in [-0.3, -0.25) is 9.59 Å². The van der Waals surface area contributed by atoms with Crippen LogP contribution in [0.15, 0.2) is 24.3 Å². The van der Waals surface area contributed by atoms with Gasteiger partial charge in [-0.1, -0.05) is 18.5 Å². The topological polar surface area (TPSA) is 55.4 Å². The van der Waals surface area contributed by atoms with Crippen LogP contribution in [0.5, 0.6) is 5.75 Å². The summed E-state index contributed by atoms with van der Waals surface area (Å²) in [7, 11) is 0. The highest BCUT2D eigenvalue weighted by molar-refractivity contribution is 6.30. The van der Waals surface area contributed by atoms with E-state index in [9.17, 15) is 9.59 Å². The van der Waals surface area contributed by atoms with Crippen molar-refractivity contribution in [3.05, 3.63) is 29.3 Å². The lowest BCUT2D eigenvalue weighted by atomic mass is 9.46. The van der Waals surface area contributed by atoms with E-state index in [0.29, 0.717) is 40.7 Å². The first-order valence-corrected chi connectivity index (χ1v) is 10.9. The van der Waals surface area contributed by atoms with Crippen molar-refractivity contribution in [3.63, 3.8) is 0 Å². The lowest BCUT2D eigenvalue weighted by Gasteiger charge is -2.59. The molecule has 0 spiro atoms. The van der Waals surface area contributed by atoms with E-state index in [1.54, 1.807) is 38.1 Å². The molecule has 0 aliphatic heterocycles. The zero-order valence-electron chi connectivity index (χ0n) is 17.0. The van der Waals surface area contributed by atoms with Crippen molar-refractivity contribution in [1.82, 2.24) is 5.32 Å². The van der Waals surface area contributed by atoms with Gasteiger partial charge in [0.1, 0.15) is 11.5 Å². The molecule has 28 heavy (non-hydrogen) atoms. The van der Waals surface area contributed by atoms with Crippen LogP contribution in [0.1, 0.15) is 59.3 Å². The Bertz CT molecular complexity index is 757. The van der Waals surface area contributed by atoms with Crippen LogP contribution in [-0.4, -0.2) is 23.3 Å². The third kappa shape index (κ3) is 3.45. The molecular weight excluding hydrogens is 374 g/mol. The van der Waals surface area contributed by atoms with Gasteiger partial charge >= 0.3 is 0 Å². The number of amides is 1. The maximum absolute atomic E-state index is 13.1. The Labute approximate surface area is 172 Å². The van der Waals surface area contributed by atoms with E-state index < -0.39 is 5.60 Å². The average Bonchev–Trinajstić information content (AvgIpc) is 2.65. The van der Waals surface area contributed by atoms with Gasteiger partial charge < -0.3 is 10.1 Å². The van der Waals surface area contributed by atoms with Gasteiger partial charge in [-0.2, -0.15) is 0 Å². The molecule has 5 rings (SSSR count). The molecule has 4 fully saturated rings. The van der Waals surface area contributed by atoms with Crippen molar-refractivity contribution < 1.29 is 14.3 Å². The van der Waals surface area contributed by atoms with Crippen LogP contribution in [0.2, 0.25) is 5.02 Å². The quantitative estimate of drug-likeness (QED) is 0.743. The molecule has 2 atom stereocenters. The third-order valence-corrected chi connectivity index (χ3v) is 7.47. The summed E-state index contributed by atoms with van der Waals surface area (Å²) in [6.07, 6.45) is 5.85. The van der Waals surface area contributed by atoms with Crippen molar-refractivity contribution in [2.24, 2.45) is 23.2 Å². The van der Waals surface area contributed by atoms with Gasteiger partial charge in [-0.25, -0.2) is 0 Å². The van der Waals surface area contributed by atoms with E-state index in [-0.39, 0.29) is 17.4 Å². The molecule has 2 unspecified atom stereocenters. The van der Waals surface area contributed by atoms with Gasteiger partial charge in [0.25, 0.3) is 5.91 Å². The smallest absolute Gasteiger partial charge is 0.263 e. The summed E-state index contributed by atoms with van der Waals surface area (Å²) in [4.78, 5) is 25.7. The maximum Gasteiger partial charge on any atom is 0.263 e. The number of ketones is 1. The molecule has 0 heterocycles. The summed E-state index contributed by atoms with van der Waals surface area (Å²) in [5.74, 6) is 2.45. The van der Waals surface area contributed by atoms with E-state index in [4.69, 9.17) is 16.3 Å². The zero-order chi connectivity index (χ0) is 20.1. The van der Waals surface area contributed by atoms with Crippen molar-refractivity contribution >= 4 is 23.3 Å². The minimum atomic E-state index is -0.973. The molecule has 1 amide bonds. The monoisotopic (exact) mass is 403 g/mol. The van der Waals surface area contributed by atoms with Crippen LogP contribution in [0.25, 0.3) is 0 Å². The first kappa shape index (κ1) is 19.8. The Morgan fingerprint density at radius 2 is 1.75 bits per heavy atom. The van der Waals surface area contributed by atoms with Gasteiger partial charge in [-0.15, -0.1) is 0 Å². The van der Waals surface area contributed by atoms with Crippen molar-refractivity contribution in [3.8, 4) is 5.75 Å². The van der Waals surface area contributed by atoms with Crippen molar-refractivity contribution in [2.75, 3.05) is 0 Å². The second kappa shape index (κ2) is 7.05. The van der Waals surface area contributed by atoms with Crippen molar-refractivity contribution in [2.45, 2.75) is 70.9 Å². The summed E-state index contributed by atoms with van der Waals surface area (Å²) in [6.45, 7) is 5.58. The number of carbonyl (C=O) groups excluding carboxylic acids is 2. The number of halogens is 1. The summed E-state index contributed by atoms with van der Waals surface area (Å²) >= 11 is 5.93. The molecule has 4 aliphatic carbocycles. The van der Waals surface area contributed by atoms with Gasteiger partial charge in [-0.05, 0) is 88.0 Å². The molecule has 4 nitrogen and oxygen atoms in total. The van der Waals surface area contributed by atoms with Crippen LogP contribution in [-0.2, 0) is 9.59 Å². The standard InChI is InChI=1S/C23H30ClNO3/c1-4-19(26)23-11-14-9-15(12-23)20(16(10-14)13-23)25-21(27)22(2,3)28-18-7-5-17(24)6-8-18/h5-8,14-16,20H,4,9-13H2,1-3H3,(H,25,27). The fraction of sp³-hybridized carbons (Fsp3) is 0.652. The molecule has 5 heteroatoms. The van der Waals surface area contributed by atoms with E-state index in [2.05, 4.69) is 5.32 Å². The Morgan fingerprint density at radius 3 is 2.32 bits per heavy atom. The number of Topliss-reactive ketones (excluding diaryl/α,β-unsaturated/α-hetero) is 1. The number of hydrogen-bond acceptors (Lipinski definition) is 3. The first-order valence-electron chi connectivity index (χ1n) is 10.5. The summed E-state index contributed by atoms with van der Waals surface area (Å²) in [5.41, 5.74) is -1.08. The van der Waals surface area contributed by atoms with Gasteiger partial charge in [0.15, 0.2) is 5.60 Å². The van der Waals surface area contributed by atoms with Crippen LogP contribution in [0.3, 0.4) is 0 Å². The zero-order valence-corrected chi connectivity index (χ0v) is 17.7. The molecule has 4 aliphatic rings. The number of hydrogen-bond donors (Lipinski definition) is 1. The Hall–Kier alpha value is -1.55. The Kier molecular flexibility index (Phi) is 4.97. The summed E-state index contributed by atoms with van der Waals surface area (Å²) in [5, 5.41) is 3.94. The van der Waals surface area contributed by atoms with Gasteiger partial charge in [0.2, 0.25) is 0 Å². The summed E-state index contributed by atoms with van der Waals surface area (Å²) < 4.78 is 5.96. The molecule has 1 aromatic rings. The van der Waals surface area contributed by atoms with Crippen LogP contribution >= 0.6 is 11.6 Å². The molecule has 1 N–H and O–H groups in total. The molecule has 4 saturated carbocycles. The molecule has 0 saturated heterocycles. The Balaban J connectivity index is 1.45. The van der Waals surface area contributed by atoms with Crippen LogP contribution in [0.4, 0.5) is 0 Å². The average molecular weight is 404 g/mol. The largest absolute Gasteiger partial charge is 0.478 e. The number of carbonyl (C=O) groups is 2. The highest BCUT2D eigenvalue weighted by Crippen LogP contribution is 2.60. The van der Waals surface area contributed by atoms with E-state index >= 15 is 0 Å².